The van der Waals surface area contributed by atoms with Gasteiger partial charge in [-0.1, -0.05) is 11.6 Å². The molecule has 1 aromatic carbocycles. The van der Waals surface area contributed by atoms with E-state index in [0.29, 0.717) is 0 Å². The molecule has 0 saturated heterocycles. The van der Waals surface area contributed by atoms with Gasteiger partial charge in [0, 0.05) is 11.8 Å². The molecular weight excluding hydrogens is 319 g/mol. The predicted molar refractivity (Wildman–Crippen MR) is 77.1 cm³/mol. The van der Waals surface area contributed by atoms with Crippen LogP contribution in [0.3, 0.4) is 0 Å². The van der Waals surface area contributed by atoms with Crippen LogP contribution >= 0.6 is 11.6 Å². The maximum atomic E-state index is 13.6. The fourth-order valence-corrected chi connectivity index (χ4v) is 2.98. The smallest absolute Gasteiger partial charge is 0.262 e. The van der Waals surface area contributed by atoms with Gasteiger partial charge in [-0.2, -0.15) is 0 Å². The Balaban J connectivity index is 2.42. The second-order valence-corrected chi connectivity index (χ2v) is 6.45. The minimum absolute atomic E-state index is 0.000547. The Labute approximate surface area is 126 Å². The molecule has 2 N–H and O–H groups in total. The fourth-order valence-electron chi connectivity index (χ4n) is 1.71. The number of aryl methyl sites for hydroxylation is 1. The van der Waals surface area contributed by atoms with Crippen molar-refractivity contribution in [1.29, 1.82) is 0 Å². The lowest BCUT2D eigenvalue weighted by Crippen LogP contribution is -2.14. The summed E-state index contributed by atoms with van der Waals surface area (Å²) in [6, 6.07) is 3.51. The number of benzene rings is 1. The average molecular weight is 331 g/mol. The van der Waals surface area contributed by atoms with Gasteiger partial charge < -0.3 is 5.11 Å². The van der Waals surface area contributed by atoms with Crippen molar-refractivity contribution in [2.45, 2.75) is 18.4 Å². The van der Waals surface area contributed by atoms with Gasteiger partial charge in [0.05, 0.1) is 28.4 Å². The third-order valence-corrected chi connectivity index (χ3v) is 4.47. The highest BCUT2D eigenvalue weighted by Crippen LogP contribution is 2.25. The number of rotatable bonds is 4. The maximum Gasteiger partial charge on any atom is 0.262 e. The van der Waals surface area contributed by atoms with Crippen LogP contribution in [-0.2, 0) is 16.6 Å². The molecule has 0 spiro atoms. The minimum atomic E-state index is -4.00. The Kier molecular flexibility index (Phi) is 4.46. The Morgan fingerprint density at radius 3 is 2.67 bits per heavy atom. The quantitative estimate of drug-likeness (QED) is 0.902. The standard InChI is InChI=1S/C13H12ClFN2O3S/c1-8-2-10(6-16-5-8)17-21(19,20)11-3-9(7-18)13(14)12(15)4-11/h2-6,17-18H,7H2,1H3. The number of pyridine rings is 1. The SMILES string of the molecule is Cc1cncc(NS(=O)(=O)c2cc(F)c(Cl)c(CO)c2)c1. The largest absolute Gasteiger partial charge is 0.392 e. The van der Waals surface area contributed by atoms with Crippen LogP contribution < -0.4 is 4.72 Å². The molecular formula is C13H12ClFN2O3S. The van der Waals surface area contributed by atoms with Gasteiger partial charge in [0.15, 0.2) is 0 Å². The second-order valence-electron chi connectivity index (χ2n) is 4.39. The van der Waals surface area contributed by atoms with Gasteiger partial charge in [0.2, 0.25) is 0 Å². The summed E-state index contributed by atoms with van der Waals surface area (Å²) < 4.78 is 40.3. The lowest BCUT2D eigenvalue weighted by molar-refractivity contribution is 0.281. The third kappa shape index (κ3) is 3.49. The molecule has 1 aromatic heterocycles. The van der Waals surface area contributed by atoms with Crippen molar-refractivity contribution in [3.05, 3.63) is 52.6 Å². The molecule has 21 heavy (non-hydrogen) atoms. The molecule has 0 unspecified atom stereocenters. The molecule has 0 amide bonds. The molecule has 112 valence electrons. The first-order valence-electron chi connectivity index (χ1n) is 5.87. The highest BCUT2D eigenvalue weighted by atomic mass is 35.5. The number of aliphatic hydroxyl groups excluding tert-OH is 1. The summed E-state index contributed by atoms with van der Waals surface area (Å²) in [4.78, 5) is 3.54. The van der Waals surface area contributed by atoms with E-state index >= 15 is 0 Å². The van der Waals surface area contributed by atoms with E-state index in [-0.39, 0.29) is 21.2 Å². The molecule has 0 fully saturated rings. The lowest BCUT2D eigenvalue weighted by atomic mass is 10.2. The zero-order valence-corrected chi connectivity index (χ0v) is 12.5. The summed E-state index contributed by atoms with van der Waals surface area (Å²) in [6.07, 6.45) is 2.91. The first-order chi connectivity index (χ1) is 9.83. The van der Waals surface area contributed by atoms with E-state index in [1.165, 1.54) is 6.20 Å². The molecule has 0 atom stereocenters. The van der Waals surface area contributed by atoms with Crippen molar-refractivity contribution in [3.8, 4) is 0 Å². The molecule has 1 heterocycles. The summed E-state index contributed by atoms with van der Waals surface area (Å²) in [7, 11) is -4.00. The first kappa shape index (κ1) is 15.7. The van der Waals surface area contributed by atoms with Gasteiger partial charge >= 0.3 is 0 Å². The number of anilines is 1. The summed E-state index contributed by atoms with van der Waals surface area (Å²) in [5.74, 6) is -0.911. The molecule has 0 aliphatic carbocycles. The van der Waals surface area contributed by atoms with Crippen molar-refractivity contribution in [1.82, 2.24) is 4.98 Å². The Morgan fingerprint density at radius 2 is 2.05 bits per heavy atom. The highest BCUT2D eigenvalue weighted by molar-refractivity contribution is 7.92. The molecule has 5 nitrogen and oxygen atoms in total. The van der Waals surface area contributed by atoms with Crippen LogP contribution in [0.25, 0.3) is 0 Å². The summed E-state index contributed by atoms with van der Waals surface area (Å²) >= 11 is 5.64. The van der Waals surface area contributed by atoms with Gasteiger partial charge in [0.1, 0.15) is 5.82 Å². The zero-order valence-electron chi connectivity index (χ0n) is 11.0. The lowest BCUT2D eigenvalue weighted by Gasteiger charge is -2.10. The van der Waals surface area contributed by atoms with Crippen LogP contribution in [-0.4, -0.2) is 18.5 Å². The minimum Gasteiger partial charge on any atom is -0.392 e. The van der Waals surface area contributed by atoms with Gasteiger partial charge in [-0.3, -0.25) is 9.71 Å². The van der Waals surface area contributed by atoms with Crippen molar-refractivity contribution < 1.29 is 17.9 Å². The molecule has 0 bridgehead atoms. The second kappa shape index (κ2) is 5.97. The number of hydrogen-bond acceptors (Lipinski definition) is 4. The predicted octanol–water partition coefficient (Wildman–Crippen LogP) is 2.48. The van der Waals surface area contributed by atoms with E-state index in [1.807, 2.05) is 0 Å². The fraction of sp³-hybridized carbons (Fsp3) is 0.154. The number of aromatic nitrogens is 1. The van der Waals surface area contributed by atoms with E-state index in [2.05, 4.69) is 9.71 Å². The van der Waals surface area contributed by atoms with E-state index in [9.17, 15) is 12.8 Å². The molecule has 0 saturated carbocycles. The number of nitrogens with one attached hydrogen (secondary N) is 1. The van der Waals surface area contributed by atoms with Crippen LogP contribution in [0.4, 0.5) is 10.1 Å². The first-order valence-corrected chi connectivity index (χ1v) is 7.73. The van der Waals surface area contributed by atoms with Crippen molar-refractivity contribution in [2.75, 3.05) is 4.72 Å². The number of aliphatic hydroxyl groups is 1. The van der Waals surface area contributed by atoms with Crippen LogP contribution in [0.2, 0.25) is 5.02 Å². The maximum absolute atomic E-state index is 13.6. The normalized spacial score (nSPS) is 11.4. The summed E-state index contributed by atoms with van der Waals surface area (Å²) in [5.41, 5.74) is 1.03. The zero-order chi connectivity index (χ0) is 15.6. The van der Waals surface area contributed by atoms with Crippen molar-refractivity contribution in [3.63, 3.8) is 0 Å². The average Bonchev–Trinajstić information content (AvgIpc) is 2.41. The number of sulfonamides is 1. The van der Waals surface area contributed by atoms with E-state index in [0.717, 1.165) is 17.7 Å². The van der Waals surface area contributed by atoms with Crippen LogP contribution in [0.15, 0.2) is 35.5 Å². The molecule has 2 aromatic rings. The molecule has 0 aliphatic heterocycles. The van der Waals surface area contributed by atoms with E-state index in [1.54, 1.807) is 19.2 Å². The van der Waals surface area contributed by atoms with E-state index < -0.39 is 22.4 Å². The third-order valence-electron chi connectivity index (χ3n) is 2.68. The monoisotopic (exact) mass is 330 g/mol. The van der Waals surface area contributed by atoms with Crippen LogP contribution in [0.1, 0.15) is 11.1 Å². The summed E-state index contributed by atoms with van der Waals surface area (Å²) in [5, 5.41) is 8.79. The topological polar surface area (TPSA) is 79.3 Å². The van der Waals surface area contributed by atoms with Gasteiger partial charge in [-0.15, -0.1) is 0 Å². The van der Waals surface area contributed by atoms with Crippen molar-refractivity contribution >= 4 is 27.3 Å². The Morgan fingerprint density at radius 1 is 1.33 bits per heavy atom. The van der Waals surface area contributed by atoms with Crippen molar-refractivity contribution in [2.24, 2.45) is 0 Å². The molecule has 2 rings (SSSR count). The van der Waals surface area contributed by atoms with Crippen LogP contribution in [0.5, 0.6) is 0 Å². The van der Waals surface area contributed by atoms with Crippen LogP contribution in [0, 0.1) is 12.7 Å². The highest BCUT2D eigenvalue weighted by Gasteiger charge is 2.19. The molecule has 8 heteroatoms. The Hall–Kier alpha value is -1.70. The van der Waals surface area contributed by atoms with E-state index in [4.69, 9.17) is 16.7 Å². The number of halogens is 2. The Bertz CT molecular complexity index is 781. The molecule has 0 radical (unpaired) electrons. The summed E-state index contributed by atoms with van der Waals surface area (Å²) in [6.45, 7) is 1.20. The van der Waals surface area contributed by atoms with Gasteiger partial charge in [-0.25, -0.2) is 12.8 Å². The van der Waals surface area contributed by atoms with Gasteiger partial charge in [-0.05, 0) is 30.7 Å². The molecule has 0 aliphatic rings. The number of hydrogen-bond donors (Lipinski definition) is 2. The number of nitrogens with zero attached hydrogens (tertiary/aromatic N) is 1. The van der Waals surface area contributed by atoms with Gasteiger partial charge in [0.25, 0.3) is 10.0 Å².